The molecular weight excluding hydrogens is 336 g/mol. The molecule has 0 saturated heterocycles. The summed E-state index contributed by atoms with van der Waals surface area (Å²) >= 11 is 0. The molecule has 0 amide bonds. The fourth-order valence-corrected chi connectivity index (χ4v) is 8.76. The van der Waals surface area contributed by atoms with Gasteiger partial charge in [-0.25, -0.2) is 0 Å². The maximum absolute atomic E-state index is 11.0. The topological polar surface area (TPSA) is 57.5 Å². The minimum atomic E-state index is -0.643. The van der Waals surface area contributed by atoms with Crippen molar-refractivity contribution in [2.45, 2.75) is 97.5 Å². The normalized spacial score (nSPS) is 50.4. The Morgan fingerprint density at radius 3 is 2.44 bits per heavy atom. The molecule has 2 N–H and O–H groups in total. The Morgan fingerprint density at radius 2 is 1.70 bits per heavy atom. The van der Waals surface area contributed by atoms with Crippen molar-refractivity contribution in [1.29, 1.82) is 0 Å². The van der Waals surface area contributed by atoms with E-state index in [1.165, 1.54) is 44.9 Å². The third-order valence-electron chi connectivity index (χ3n) is 10.2. The zero-order chi connectivity index (χ0) is 19.4. The minimum Gasteiger partial charge on any atom is -0.481 e. The second-order valence-electron chi connectivity index (χ2n) is 11.2. The molecule has 9 atom stereocenters. The lowest BCUT2D eigenvalue weighted by molar-refractivity contribution is -0.138. The van der Waals surface area contributed by atoms with E-state index in [2.05, 4.69) is 20.8 Å². The van der Waals surface area contributed by atoms with E-state index < -0.39 is 5.97 Å². The van der Waals surface area contributed by atoms with E-state index in [4.69, 9.17) is 5.11 Å². The van der Waals surface area contributed by atoms with Gasteiger partial charge in [-0.3, -0.25) is 4.79 Å². The van der Waals surface area contributed by atoms with Crippen LogP contribution in [0.4, 0.5) is 0 Å². The van der Waals surface area contributed by atoms with Crippen LogP contribution in [-0.2, 0) is 4.79 Å². The Hall–Kier alpha value is -0.570. The molecule has 3 nitrogen and oxygen atoms in total. The van der Waals surface area contributed by atoms with Crippen molar-refractivity contribution < 1.29 is 15.0 Å². The average molecular weight is 377 g/mol. The summed E-state index contributed by atoms with van der Waals surface area (Å²) < 4.78 is 0. The molecular formula is C24H40O3. The zero-order valence-electron chi connectivity index (χ0n) is 17.6. The van der Waals surface area contributed by atoms with E-state index in [0.29, 0.717) is 29.1 Å². The molecule has 154 valence electrons. The predicted molar refractivity (Wildman–Crippen MR) is 107 cm³/mol. The van der Waals surface area contributed by atoms with Crippen LogP contribution in [0, 0.1) is 46.3 Å². The number of hydrogen-bond donors (Lipinski definition) is 2. The predicted octanol–water partition coefficient (Wildman–Crippen LogP) is 5.51. The largest absolute Gasteiger partial charge is 0.481 e. The summed E-state index contributed by atoms with van der Waals surface area (Å²) in [5, 5.41) is 19.3. The molecule has 0 heterocycles. The molecule has 4 aliphatic rings. The van der Waals surface area contributed by atoms with Gasteiger partial charge in [-0.2, -0.15) is 0 Å². The fourth-order valence-electron chi connectivity index (χ4n) is 8.76. The number of carboxylic acid groups (broad SMARTS) is 1. The third kappa shape index (κ3) is 3.16. The van der Waals surface area contributed by atoms with Gasteiger partial charge in [-0.05, 0) is 111 Å². The van der Waals surface area contributed by atoms with Crippen molar-refractivity contribution in [1.82, 2.24) is 0 Å². The van der Waals surface area contributed by atoms with E-state index in [9.17, 15) is 9.90 Å². The van der Waals surface area contributed by atoms with E-state index in [1.54, 1.807) is 0 Å². The quantitative estimate of drug-likeness (QED) is 0.680. The number of hydrogen-bond acceptors (Lipinski definition) is 2. The number of aliphatic hydroxyl groups is 1. The monoisotopic (exact) mass is 376 g/mol. The SMILES string of the molecule is C[C@H](CCC(=O)O)C1CC[C@H]2[C@@H]3CC[C@@H]4C[C@H](O)CC[C@]4(C)[C@H]3CC[C@]12C. The van der Waals surface area contributed by atoms with Gasteiger partial charge in [0, 0.05) is 6.42 Å². The lowest BCUT2D eigenvalue weighted by Crippen LogP contribution is -2.54. The van der Waals surface area contributed by atoms with Gasteiger partial charge in [0.15, 0.2) is 0 Å². The van der Waals surface area contributed by atoms with Gasteiger partial charge in [0.05, 0.1) is 6.10 Å². The molecule has 0 aromatic carbocycles. The van der Waals surface area contributed by atoms with Crippen molar-refractivity contribution in [3.05, 3.63) is 0 Å². The first-order chi connectivity index (χ1) is 12.8. The smallest absolute Gasteiger partial charge is 0.303 e. The first-order valence-electron chi connectivity index (χ1n) is 11.7. The van der Waals surface area contributed by atoms with Gasteiger partial charge < -0.3 is 10.2 Å². The summed E-state index contributed by atoms with van der Waals surface area (Å²) in [7, 11) is 0. The van der Waals surface area contributed by atoms with Crippen LogP contribution in [-0.4, -0.2) is 22.3 Å². The van der Waals surface area contributed by atoms with Crippen molar-refractivity contribution in [2.24, 2.45) is 46.3 Å². The fraction of sp³-hybridized carbons (Fsp3) is 0.958. The minimum absolute atomic E-state index is 0.0561. The molecule has 0 bridgehead atoms. The number of aliphatic hydroxyl groups excluding tert-OH is 1. The molecule has 0 spiro atoms. The average Bonchev–Trinajstić information content (AvgIpc) is 2.97. The maximum atomic E-state index is 11.0. The molecule has 4 saturated carbocycles. The second-order valence-corrected chi connectivity index (χ2v) is 11.2. The van der Waals surface area contributed by atoms with Crippen LogP contribution in [0.2, 0.25) is 0 Å². The Bertz CT molecular complexity index is 574. The van der Waals surface area contributed by atoms with Crippen LogP contribution in [0.1, 0.15) is 91.4 Å². The molecule has 3 heteroatoms. The molecule has 4 aliphatic carbocycles. The van der Waals surface area contributed by atoms with Crippen LogP contribution in [0.5, 0.6) is 0 Å². The van der Waals surface area contributed by atoms with Crippen molar-refractivity contribution in [3.63, 3.8) is 0 Å². The molecule has 0 radical (unpaired) electrons. The van der Waals surface area contributed by atoms with Gasteiger partial charge >= 0.3 is 5.97 Å². The number of carboxylic acids is 1. The highest BCUT2D eigenvalue weighted by Crippen LogP contribution is 2.68. The van der Waals surface area contributed by atoms with Gasteiger partial charge in [0.1, 0.15) is 0 Å². The molecule has 4 rings (SSSR count). The van der Waals surface area contributed by atoms with Gasteiger partial charge in [-0.1, -0.05) is 20.8 Å². The lowest BCUT2D eigenvalue weighted by Gasteiger charge is -2.61. The molecule has 0 aromatic rings. The van der Waals surface area contributed by atoms with Crippen LogP contribution in [0.25, 0.3) is 0 Å². The van der Waals surface area contributed by atoms with E-state index in [1.807, 2.05) is 0 Å². The zero-order valence-corrected chi connectivity index (χ0v) is 17.6. The number of aliphatic carboxylic acids is 1. The van der Waals surface area contributed by atoms with Crippen molar-refractivity contribution in [2.75, 3.05) is 0 Å². The first-order valence-corrected chi connectivity index (χ1v) is 11.7. The summed E-state index contributed by atoms with van der Waals surface area (Å²) in [4.78, 5) is 11.0. The van der Waals surface area contributed by atoms with E-state index in [-0.39, 0.29) is 6.10 Å². The van der Waals surface area contributed by atoms with Gasteiger partial charge in [0.25, 0.3) is 0 Å². The summed E-state index contributed by atoms with van der Waals surface area (Å²) in [6.45, 7) is 7.43. The molecule has 0 aliphatic heterocycles. The van der Waals surface area contributed by atoms with Crippen LogP contribution < -0.4 is 0 Å². The van der Waals surface area contributed by atoms with Gasteiger partial charge in [-0.15, -0.1) is 0 Å². The molecule has 0 aromatic heterocycles. The molecule has 1 unspecified atom stereocenters. The first kappa shape index (κ1) is 19.7. The standard InChI is InChI=1S/C24H40O3/c1-15(4-9-22(26)27)19-7-8-20-18-6-5-16-14-17(25)10-12-23(16,2)21(18)11-13-24(19,20)3/h15-21,25H,4-14H2,1-3H3,(H,26,27)/t15-,16-,17-,18+,19?,20+,21+,23+,24-/m1/s1. The Morgan fingerprint density at radius 1 is 1.00 bits per heavy atom. The Kier molecular flexibility index (Phi) is 5.15. The maximum Gasteiger partial charge on any atom is 0.303 e. The van der Waals surface area contributed by atoms with Gasteiger partial charge in [0.2, 0.25) is 0 Å². The van der Waals surface area contributed by atoms with Crippen LogP contribution >= 0.6 is 0 Å². The summed E-state index contributed by atoms with van der Waals surface area (Å²) in [6.07, 6.45) is 12.4. The van der Waals surface area contributed by atoms with Crippen molar-refractivity contribution >= 4 is 5.97 Å². The third-order valence-corrected chi connectivity index (χ3v) is 10.2. The summed E-state index contributed by atoms with van der Waals surface area (Å²) in [6, 6.07) is 0. The highest BCUT2D eigenvalue weighted by atomic mass is 16.4. The number of carbonyl (C=O) groups is 1. The summed E-state index contributed by atoms with van der Waals surface area (Å²) in [5.74, 6) is 3.91. The molecule has 4 fully saturated rings. The van der Waals surface area contributed by atoms with E-state index in [0.717, 1.165) is 42.9 Å². The summed E-state index contributed by atoms with van der Waals surface area (Å²) in [5.41, 5.74) is 0.882. The Balaban J connectivity index is 1.51. The van der Waals surface area contributed by atoms with Crippen LogP contribution in [0.3, 0.4) is 0 Å². The highest BCUT2D eigenvalue weighted by Gasteiger charge is 2.60. The number of rotatable bonds is 4. The van der Waals surface area contributed by atoms with E-state index >= 15 is 0 Å². The number of fused-ring (bicyclic) bond motifs is 5. The van der Waals surface area contributed by atoms with Crippen molar-refractivity contribution in [3.8, 4) is 0 Å². The molecule has 27 heavy (non-hydrogen) atoms. The lowest BCUT2D eigenvalue weighted by atomic mass is 9.44. The van der Waals surface area contributed by atoms with Crippen LogP contribution in [0.15, 0.2) is 0 Å². The Labute approximate surface area is 165 Å². The second kappa shape index (κ2) is 7.04. The highest BCUT2D eigenvalue weighted by molar-refractivity contribution is 5.66.